The van der Waals surface area contributed by atoms with Crippen LogP contribution in [0.25, 0.3) is 0 Å². The number of benzene rings is 1. The van der Waals surface area contributed by atoms with E-state index >= 15 is 0 Å². The van der Waals surface area contributed by atoms with Crippen LogP contribution >= 0.6 is 0 Å². The van der Waals surface area contributed by atoms with Crippen molar-refractivity contribution in [2.24, 2.45) is 0 Å². The number of aliphatic hydroxyl groups excluding tert-OH is 1. The van der Waals surface area contributed by atoms with Crippen molar-refractivity contribution in [2.45, 2.75) is 31.8 Å². The molecule has 2 N–H and O–H groups in total. The molecule has 2 fully saturated rings. The van der Waals surface area contributed by atoms with Gasteiger partial charge >= 0.3 is 0 Å². The first-order valence-corrected chi connectivity index (χ1v) is 9.89. The van der Waals surface area contributed by atoms with Crippen molar-refractivity contribution in [2.75, 3.05) is 28.5 Å². The smallest absolute Gasteiger partial charge is 0.252 e. The lowest BCUT2D eigenvalue weighted by atomic mass is 10.2. The molecule has 2 aliphatic heterocycles. The van der Waals surface area contributed by atoms with Gasteiger partial charge in [-0.15, -0.1) is 0 Å². The van der Waals surface area contributed by atoms with Gasteiger partial charge in [-0.25, -0.2) is 12.8 Å². The standard InChI is InChI=1S/C16H20FN3O5S/c1-10(9-21)20-15(22)8-13(16(20)23)18-11-3-4-12(17)14(7-11)19-5-2-6-26(19,24)25/h3-4,7,10,13,18,21H,2,5-6,8-9H2,1H3. The number of halogens is 1. The average Bonchev–Trinajstić information content (AvgIpc) is 3.07. The molecule has 3 rings (SSSR count). The van der Waals surface area contributed by atoms with Gasteiger partial charge < -0.3 is 10.4 Å². The number of carbonyl (C=O) groups excluding carboxylic acids is 2. The van der Waals surface area contributed by atoms with Crippen molar-refractivity contribution in [3.05, 3.63) is 24.0 Å². The molecule has 2 saturated heterocycles. The largest absolute Gasteiger partial charge is 0.394 e. The Balaban J connectivity index is 1.82. The number of anilines is 2. The van der Waals surface area contributed by atoms with Crippen LogP contribution in [0.4, 0.5) is 15.8 Å². The molecule has 0 bridgehead atoms. The number of aliphatic hydroxyl groups is 1. The summed E-state index contributed by atoms with van der Waals surface area (Å²) >= 11 is 0. The number of sulfonamides is 1. The van der Waals surface area contributed by atoms with Crippen LogP contribution in [-0.4, -0.2) is 61.2 Å². The molecule has 2 aliphatic rings. The van der Waals surface area contributed by atoms with Gasteiger partial charge in [0, 0.05) is 12.2 Å². The predicted octanol–water partition coefficient (Wildman–Crippen LogP) is 0.286. The Labute approximate surface area is 150 Å². The summed E-state index contributed by atoms with van der Waals surface area (Å²) in [4.78, 5) is 25.4. The lowest BCUT2D eigenvalue weighted by Gasteiger charge is -2.22. The number of nitrogens with one attached hydrogen (secondary N) is 1. The fourth-order valence-electron chi connectivity index (χ4n) is 3.21. The molecule has 8 nitrogen and oxygen atoms in total. The Kier molecular flexibility index (Phi) is 4.89. The molecule has 0 aliphatic carbocycles. The van der Waals surface area contributed by atoms with Gasteiger partial charge in [-0.1, -0.05) is 0 Å². The highest BCUT2D eigenvalue weighted by Gasteiger charge is 2.41. The SMILES string of the molecule is CC(CO)N1C(=O)CC(Nc2ccc(F)c(N3CCCS3(=O)=O)c2)C1=O. The zero-order chi connectivity index (χ0) is 19.1. The van der Waals surface area contributed by atoms with E-state index in [4.69, 9.17) is 0 Å². The highest BCUT2D eigenvalue weighted by atomic mass is 32.2. The van der Waals surface area contributed by atoms with Crippen molar-refractivity contribution >= 4 is 33.2 Å². The summed E-state index contributed by atoms with van der Waals surface area (Å²) in [5, 5.41) is 12.0. The van der Waals surface area contributed by atoms with Crippen molar-refractivity contribution in [3.8, 4) is 0 Å². The van der Waals surface area contributed by atoms with Crippen LogP contribution in [-0.2, 0) is 19.6 Å². The minimum absolute atomic E-state index is 0.0340. The molecule has 26 heavy (non-hydrogen) atoms. The van der Waals surface area contributed by atoms with Crippen LogP contribution in [0.2, 0.25) is 0 Å². The van der Waals surface area contributed by atoms with E-state index < -0.39 is 39.7 Å². The minimum atomic E-state index is -3.54. The van der Waals surface area contributed by atoms with Crippen LogP contribution in [0.5, 0.6) is 0 Å². The van der Waals surface area contributed by atoms with Gasteiger partial charge in [0.15, 0.2) is 0 Å². The first kappa shape index (κ1) is 18.6. The zero-order valence-corrected chi connectivity index (χ0v) is 15.0. The lowest BCUT2D eigenvalue weighted by molar-refractivity contribution is -0.141. The monoisotopic (exact) mass is 385 g/mol. The number of imide groups is 1. The van der Waals surface area contributed by atoms with E-state index in [9.17, 15) is 27.5 Å². The number of hydrogen-bond acceptors (Lipinski definition) is 6. The maximum atomic E-state index is 14.1. The fraction of sp³-hybridized carbons (Fsp3) is 0.500. The third kappa shape index (κ3) is 3.26. The molecular formula is C16H20FN3O5S. The third-order valence-corrected chi connectivity index (χ3v) is 6.40. The van der Waals surface area contributed by atoms with Crippen molar-refractivity contribution in [3.63, 3.8) is 0 Å². The number of nitrogens with zero attached hydrogens (tertiary/aromatic N) is 2. The topological polar surface area (TPSA) is 107 Å². The summed E-state index contributed by atoms with van der Waals surface area (Å²) in [7, 11) is -3.54. The second-order valence-corrected chi connectivity index (χ2v) is 8.46. The van der Waals surface area contributed by atoms with Gasteiger partial charge in [0.1, 0.15) is 11.9 Å². The van der Waals surface area contributed by atoms with Crippen LogP contribution < -0.4 is 9.62 Å². The van der Waals surface area contributed by atoms with Crippen molar-refractivity contribution in [1.29, 1.82) is 0 Å². The molecule has 10 heteroatoms. The highest BCUT2D eigenvalue weighted by molar-refractivity contribution is 7.93. The molecule has 0 spiro atoms. The van der Waals surface area contributed by atoms with E-state index in [0.717, 1.165) is 15.3 Å². The Hall–Kier alpha value is -2.20. The Morgan fingerprint density at radius 1 is 1.38 bits per heavy atom. The molecule has 0 saturated carbocycles. The van der Waals surface area contributed by atoms with Gasteiger partial charge in [0.05, 0.1) is 30.5 Å². The predicted molar refractivity (Wildman–Crippen MR) is 92.6 cm³/mol. The number of likely N-dealkylation sites (tertiary alicyclic amines) is 1. The highest BCUT2D eigenvalue weighted by Crippen LogP contribution is 2.30. The fourth-order valence-corrected chi connectivity index (χ4v) is 4.77. The third-order valence-electron chi connectivity index (χ3n) is 4.54. The molecule has 1 aromatic carbocycles. The average molecular weight is 385 g/mol. The molecule has 2 heterocycles. The zero-order valence-electron chi connectivity index (χ0n) is 14.2. The van der Waals surface area contributed by atoms with Crippen molar-refractivity contribution < 1.29 is 27.5 Å². The molecule has 0 radical (unpaired) electrons. The molecule has 142 valence electrons. The summed E-state index contributed by atoms with van der Waals surface area (Å²) in [5.41, 5.74) is 0.262. The molecule has 2 atom stereocenters. The van der Waals surface area contributed by atoms with Crippen LogP contribution in [0, 0.1) is 5.82 Å². The number of rotatable bonds is 5. The molecular weight excluding hydrogens is 365 g/mol. The van der Waals surface area contributed by atoms with Crippen LogP contribution in [0.15, 0.2) is 18.2 Å². The number of amides is 2. The summed E-state index contributed by atoms with van der Waals surface area (Å²) in [6.07, 6.45) is 0.334. The normalized spacial score (nSPS) is 23.6. The number of carbonyl (C=O) groups is 2. The Morgan fingerprint density at radius 3 is 2.73 bits per heavy atom. The van der Waals surface area contributed by atoms with E-state index in [-0.39, 0.29) is 31.0 Å². The van der Waals surface area contributed by atoms with Crippen LogP contribution in [0.3, 0.4) is 0 Å². The second kappa shape index (κ2) is 6.84. The van der Waals surface area contributed by atoms with Crippen molar-refractivity contribution in [1.82, 2.24) is 4.90 Å². The maximum absolute atomic E-state index is 14.1. The summed E-state index contributed by atoms with van der Waals surface area (Å²) in [6.45, 7) is 1.43. The molecule has 2 unspecified atom stereocenters. The number of hydrogen-bond donors (Lipinski definition) is 2. The molecule has 2 amide bonds. The summed E-state index contributed by atoms with van der Waals surface area (Å²) in [5.74, 6) is -1.59. The first-order chi connectivity index (χ1) is 12.2. The quantitative estimate of drug-likeness (QED) is 0.706. The summed E-state index contributed by atoms with van der Waals surface area (Å²) < 4.78 is 39.2. The lowest BCUT2D eigenvalue weighted by Crippen LogP contribution is -2.42. The second-order valence-electron chi connectivity index (χ2n) is 6.44. The van der Waals surface area contributed by atoms with Gasteiger partial charge in [-0.05, 0) is 31.5 Å². The first-order valence-electron chi connectivity index (χ1n) is 8.28. The Bertz CT molecular complexity index is 844. The maximum Gasteiger partial charge on any atom is 0.252 e. The Morgan fingerprint density at radius 2 is 2.12 bits per heavy atom. The van der Waals surface area contributed by atoms with E-state index in [1.54, 1.807) is 6.92 Å². The molecule has 1 aromatic rings. The van der Waals surface area contributed by atoms with E-state index in [2.05, 4.69) is 5.32 Å². The van der Waals surface area contributed by atoms with Gasteiger partial charge in [-0.2, -0.15) is 0 Å². The summed E-state index contributed by atoms with van der Waals surface area (Å²) in [6, 6.07) is 2.37. The van der Waals surface area contributed by atoms with Gasteiger partial charge in [0.2, 0.25) is 15.9 Å². The minimum Gasteiger partial charge on any atom is -0.394 e. The van der Waals surface area contributed by atoms with E-state index in [0.29, 0.717) is 12.1 Å². The molecule has 0 aromatic heterocycles. The van der Waals surface area contributed by atoms with Gasteiger partial charge in [0.25, 0.3) is 5.91 Å². The van der Waals surface area contributed by atoms with Gasteiger partial charge in [-0.3, -0.25) is 18.8 Å². The van der Waals surface area contributed by atoms with Crippen LogP contribution in [0.1, 0.15) is 19.8 Å². The van der Waals surface area contributed by atoms with E-state index in [1.165, 1.54) is 12.1 Å². The van der Waals surface area contributed by atoms with E-state index in [1.807, 2.05) is 0 Å².